The van der Waals surface area contributed by atoms with Gasteiger partial charge in [-0.3, -0.25) is 0 Å². The van der Waals surface area contributed by atoms with Crippen LogP contribution in [0.1, 0.15) is 15.9 Å². The first kappa shape index (κ1) is 12.3. The summed E-state index contributed by atoms with van der Waals surface area (Å²) < 4.78 is 0. The van der Waals surface area contributed by atoms with Crippen molar-refractivity contribution in [2.75, 3.05) is 0 Å². The van der Waals surface area contributed by atoms with Crippen molar-refractivity contribution in [2.45, 2.75) is 0 Å². The minimum absolute atomic E-state index is 0.0232. The highest BCUT2D eigenvalue weighted by molar-refractivity contribution is 5.97. The molecule has 0 unspecified atom stereocenters. The molecule has 1 N–H and O–H groups in total. The average Bonchev–Trinajstić information content (AvgIpc) is 2.46. The van der Waals surface area contributed by atoms with Crippen LogP contribution in [0.2, 0.25) is 0 Å². The Balaban J connectivity index is 2.77. The minimum atomic E-state index is -1.11. The predicted octanol–water partition coefficient (Wildman–Crippen LogP) is 2.98. The molecule has 0 saturated carbocycles. The molecule has 1 aromatic heterocycles. The van der Waals surface area contributed by atoms with E-state index in [-0.39, 0.29) is 11.4 Å². The Bertz CT molecular complexity index is 737. The van der Waals surface area contributed by atoms with Crippen molar-refractivity contribution in [1.82, 2.24) is 4.98 Å². The van der Waals surface area contributed by atoms with E-state index >= 15 is 0 Å². The number of carboxylic acids is 1. The second kappa shape index (κ2) is 5.03. The number of aromatic carboxylic acids is 1. The van der Waals surface area contributed by atoms with E-state index in [1.807, 2.05) is 0 Å². The van der Waals surface area contributed by atoms with Gasteiger partial charge in [0.2, 0.25) is 0 Å². The second-order valence-corrected chi connectivity index (χ2v) is 3.69. The number of terminal acetylenes is 1. The van der Waals surface area contributed by atoms with Crippen molar-refractivity contribution < 1.29 is 9.90 Å². The van der Waals surface area contributed by atoms with Crippen molar-refractivity contribution in [1.29, 1.82) is 0 Å². The maximum atomic E-state index is 11.2. The van der Waals surface area contributed by atoms with Gasteiger partial charge >= 0.3 is 5.97 Å². The summed E-state index contributed by atoms with van der Waals surface area (Å²) in [6, 6.07) is 8.42. The molecule has 0 aliphatic carbocycles. The molecule has 0 amide bonds. The zero-order valence-electron chi connectivity index (χ0n) is 9.79. The summed E-state index contributed by atoms with van der Waals surface area (Å²) in [6.45, 7) is 6.95. The van der Waals surface area contributed by atoms with E-state index < -0.39 is 5.97 Å². The Labute approximate surface area is 110 Å². The Morgan fingerprint density at radius 1 is 1.37 bits per heavy atom. The van der Waals surface area contributed by atoms with E-state index in [0.717, 1.165) is 0 Å². The lowest BCUT2D eigenvalue weighted by Crippen LogP contribution is -2.01. The Morgan fingerprint density at radius 2 is 2.11 bits per heavy atom. The number of hydrogen-bond donors (Lipinski definition) is 1. The standard InChI is InChI=1S/C15H8N2O2/c1-3-10-6-4-5-7-11(10)12-8-14(16-2)17-9-13(12)15(18)19/h1,4-9H,(H,18,19). The number of nitrogens with zero attached hydrogens (tertiary/aromatic N) is 2. The molecule has 4 nitrogen and oxygen atoms in total. The summed E-state index contributed by atoms with van der Waals surface area (Å²) in [7, 11) is 0. The van der Waals surface area contributed by atoms with Crippen LogP contribution < -0.4 is 0 Å². The van der Waals surface area contributed by atoms with E-state index in [1.54, 1.807) is 24.3 Å². The van der Waals surface area contributed by atoms with Crippen molar-refractivity contribution in [3.05, 3.63) is 59.1 Å². The van der Waals surface area contributed by atoms with Crippen LogP contribution >= 0.6 is 0 Å². The van der Waals surface area contributed by atoms with Crippen molar-refractivity contribution >= 4 is 11.8 Å². The summed E-state index contributed by atoms with van der Waals surface area (Å²) in [5, 5.41) is 9.19. The van der Waals surface area contributed by atoms with Gasteiger partial charge in [0, 0.05) is 5.56 Å². The molecule has 0 spiro atoms. The summed E-state index contributed by atoms with van der Waals surface area (Å²) in [5.41, 5.74) is 1.61. The van der Waals surface area contributed by atoms with Crippen LogP contribution in [0.25, 0.3) is 16.0 Å². The highest BCUT2D eigenvalue weighted by Gasteiger charge is 2.16. The highest BCUT2D eigenvalue weighted by atomic mass is 16.4. The molecular weight excluding hydrogens is 240 g/mol. The molecule has 4 heteroatoms. The van der Waals surface area contributed by atoms with Crippen LogP contribution in [0.15, 0.2) is 36.5 Å². The molecule has 0 aliphatic rings. The Hall–Kier alpha value is -3.11. The third-order valence-corrected chi connectivity index (χ3v) is 2.61. The van der Waals surface area contributed by atoms with E-state index in [0.29, 0.717) is 16.7 Å². The number of hydrogen-bond acceptors (Lipinski definition) is 2. The van der Waals surface area contributed by atoms with Crippen LogP contribution in [-0.4, -0.2) is 16.1 Å². The average molecular weight is 248 g/mol. The van der Waals surface area contributed by atoms with Crippen LogP contribution in [0.3, 0.4) is 0 Å². The SMILES string of the molecule is [C-]#[N+]c1cc(-c2ccccc2C#C)c(C(=O)O)cn1. The third kappa shape index (κ3) is 2.29. The van der Waals surface area contributed by atoms with Crippen LogP contribution in [-0.2, 0) is 0 Å². The van der Waals surface area contributed by atoms with Gasteiger partial charge in [0.1, 0.15) is 11.8 Å². The number of carboxylic acid groups (broad SMARTS) is 1. The zero-order valence-corrected chi connectivity index (χ0v) is 9.79. The van der Waals surface area contributed by atoms with Crippen molar-refractivity contribution in [3.8, 4) is 23.5 Å². The molecular formula is C15H8N2O2. The van der Waals surface area contributed by atoms with Gasteiger partial charge in [-0.25, -0.2) is 4.79 Å². The fraction of sp³-hybridized carbons (Fsp3) is 0. The maximum absolute atomic E-state index is 11.2. The molecule has 1 aromatic carbocycles. The molecule has 0 fully saturated rings. The van der Waals surface area contributed by atoms with Crippen LogP contribution in [0.5, 0.6) is 0 Å². The minimum Gasteiger partial charge on any atom is -0.478 e. The molecule has 0 atom stereocenters. The number of pyridine rings is 1. The Morgan fingerprint density at radius 3 is 2.74 bits per heavy atom. The number of benzene rings is 1. The van der Waals surface area contributed by atoms with E-state index in [9.17, 15) is 9.90 Å². The lowest BCUT2D eigenvalue weighted by atomic mass is 9.97. The first-order valence-electron chi connectivity index (χ1n) is 5.34. The van der Waals surface area contributed by atoms with E-state index in [2.05, 4.69) is 15.7 Å². The fourth-order valence-electron chi connectivity index (χ4n) is 1.74. The molecule has 2 rings (SSSR count). The molecule has 90 valence electrons. The molecule has 0 aliphatic heterocycles. The first-order valence-corrected chi connectivity index (χ1v) is 5.34. The highest BCUT2D eigenvalue weighted by Crippen LogP contribution is 2.29. The molecule has 0 saturated heterocycles. The van der Waals surface area contributed by atoms with Gasteiger partial charge in [-0.15, -0.1) is 11.4 Å². The van der Waals surface area contributed by atoms with Gasteiger partial charge in [-0.1, -0.05) is 30.7 Å². The Kier molecular flexibility index (Phi) is 3.27. The molecule has 0 radical (unpaired) electrons. The summed E-state index contributed by atoms with van der Waals surface area (Å²) in [4.78, 5) is 18.2. The molecule has 1 heterocycles. The quantitative estimate of drug-likeness (QED) is 0.656. The topological polar surface area (TPSA) is 54.5 Å². The lowest BCUT2D eigenvalue weighted by Gasteiger charge is -2.07. The molecule has 19 heavy (non-hydrogen) atoms. The fourth-order valence-corrected chi connectivity index (χ4v) is 1.74. The van der Waals surface area contributed by atoms with Crippen molar-refractivity contribution in [2.24, 2.45) is 0 Å². The summed E-state index contributed by atoms with van der Waals surface area (Å²) in [5.74, 6) is 1.53. The van der Waals surface area contributed by atoms with Gasteiger partial charge in [0.05, 0.1) is 0 Å². The smallest absolute Gasteiger partial charge is 0.340 e. The van der Waals surface area contributed by atoms with Crippen LogP contribution in [0.4, 0.5) is 5.82 Å². The van der Waals surface area contributed by atoms with Gasteiger partial charge in [-0.2, -0.15) is 0 Å². The first-order chi connectivity index (χ1) is 9.17. The van der Waals surface area contributed by atoms with Crippen molar-refractivity contribution in [3.63, 3.8) is 0 Å². The lowest BCUT2D eigenvalue weighted by molar-refractivity contribution is 0.0697. The van der Waals surface area contributed by atoms with Gasteiger partial charge in [0.25, 0.3) is 5.82 Å². The summed E-state index contributed by atoms with van der Waals surface area (Å²) >= 11 is 0. The van der Waals surface area contributed by atoms with Gasteiger partial charge < -0.3 is 9.95 Å². The molecule has 0 bridgehead atoms. The monoisotopic (exact) mass is 248 g/mol. The zero-order chi connectivity index (χ0) is 13.8. The number of carbonyl (C=O) groups is 1. The second-order valence-electron chi connectivity index (χ2n) is 3.69. The predicted molar refractivity (Wildman–Crippen MR) is 70.8 cm³/mol. The van der Waals surface area contributed by atoms with Crippen LogP contribution in [0, 0.1) is 18.9 Å². The third-order valence-electron chi connectivity index (χ3n) is 2.61. The normalized spacial score (nSPS) is 9.37. The van der Waals surface area contributed by atoms with Gasteiger partial charge in [-0.05, 0) is 23.3 Å². The summed E-state index contributed by atoms with van der Waals surface area (Å²) in [6.07, 6.45) is 6.59. The number of rotatable bonds is 2. The maximum Gasteiger partial charge on any atom is 0.340 e. The van der Waals surface area contributed by atoms with E-state index in [1.165, 1.54) is 12.3 Å². The van der Waals surface area contributed by atoms with E-state index in [4.69, 9.17) is 13.0 Å². The van der Waals surface area contributed by atoms with Gasteiger partial charge in [0.15, 0.2) is 0 Å². The largest absolute Gasteiger partial charge is 0.478 e. The molecule has 2 aromatic rings. The number of aromatic nitrogens is 1.